The molecule has 2 aliphatic rings. The van der Waals surface area contributed by atoms with Crippen molar-refractivity contribution in [2.45, 2.75) is 25.8 Å². The summed E-state index contributed by atoms with van der Waals surface area (Å²) in [4.78, 5) is 32.8. The number of hydrogen-bond donors (Lipinski definition) is 1. The van der Waals surface area contributed by atoms with Crippen LogP contribution in [0.15, 0.2) is 42.7 Å². The van der Waals surface area contributed by atoms with E-state index in [0.717, 1.165) is 37.1 Å². The van der Waals surface area contributed by atoms with Crippen molar-refractivity contribution in [1.82, 2.24) is 20.1 Å². The molecule has 1 aromatic heterocycles. The van der Waals surface area contributed by atoms with Gasteiger partial charge in [0.25, 0.3) is 5.91 Å². The standard InChI is InChI=1S/C21H24N4O2/c1-15-2-4-16(5-3-15)17-12-18(14-22-13-17)20(26)24-9-6-19(7-10-24)25-11-8-23-21(25)27/h2-5,12-14,19H,6-11H2,1H3,(H,23,27). The van der Waals surface area contributed by atoms with Gasteiger partial charge in [-0.25, -0.2) is 4.79 Å². The molecule has 2 aliphatic heterocycles. The summed E-state index contributed by atoms with van der Waals surface area (Å²) in [7, 11) is 0. The number of benzene rings is 1. The zero-order valence-corrected chi connectivity index (χ0v) is 15.5. The van der Waals surface area contributed by atoms with E-state index >= 15 is 0 Å². The molecule has 0 saturated carbocycles. The molecule has 0 atom stereocenters. The number of hydrogen-bond acceptors (Lipinski definition) is 3. The van der Waals surface area contributed by atoms with Gasteiger partial charge in [-0.3, -0.25) is 9.78 Å². The van der Waals surface area contributed by atoms with E-state index in [0.29, 0.717) is 18.7 Å². The largest absolute Gasteiger partial charge is 0.338 e. The lowest BCUT2D eigenvalue weighted by Gasteiger charge is -2.36. The van der Waals surface area contributed by atoms with Crippen LogP contribution < -0.4 is 5.32 Å². The topological polar surface area (TPSA) is 65.5 Å². The molecule has 0 radical (unpaired) electrons. The van der Waals surface area contributed by atoms with Crippen molar-refractivity contribution < 1.29 is 9.59 Å². The SMILES string of the molecule is Cc1ccc(-c2cncc(C(=O)N3CCC(N4CCNC4=O)CC3)c2)cc1. The smallest absolute Gasteiger partial charge is 0.317 e. The highest BCUT2D eigenvalue weighted by atomic mass is 16.2. The van der Waals surface area contributed by atoms with Crippen LogP contribution in [0.5, 0.6) is 0 Å². The van der Waals surface area contributed by atoms with Crippen molar-refractivity contribution in [2.24, 2.45) is 0 Å². The number of urea groups is 1. The van der Waals surface area contributed by atoms with Gasteiger partial charge in [-0.15, -0.1) is 0 Å². The van der Waals surface area contributed by atoms with Crippen LogP contribution >= 0.6 is 0 Å². The number of aryl methyl sites for hydroxylation is 1. The summed E-state index contributed by atoms with van der Waals surface area (Å²) in [6, 6.07) is 10.4. The van der Waals surface area contributed by atoms with Crippen molar-refractivity contribution in [2.75, 3.05) is 26.2 Å². The minimum absolute atomic E-state index is 0.0146. The summed E-state index contributed by atoms with van der Waals surface area (Å²) < 4.78 is 0. The van der Waals surface area contributed by atoms with Crippen LogP contribution in [-0.2, 0) is 0 Å². The number of aromatic nitrogens is 1. The molecule has 140 valence electrons. The molecule has 3 amide bonds. The van der Waals surface area contributed by atoms with Crippen LogP contribution in [0.2, 0.25) is 0 Å². The van der Waals surface area contributed by atoms with Crippen molar-refractivity contribution in [3.05, 3.63) is 53.9 Å². The number of piperidine rings is 1. The quantitative estimate of drug-likeness (QED) is 0.911. The first-order valence-corrected chi connectivity index (χ1v) is 9.47. The van der Waals surface area contributed by atoms with Crippen molar-refractivity contribution in [3.63, 3.8) is 0 Å². The Labute approximate surface area is 159 Å². The number of pyridine rings is 1. The van der Waals surface area contributed by atoms with Crippen LogP contribution in [0.1, 0.15) is 28.8 Å². The average Bonchev–Trinajstić information content (AvgIpc) is 3.14. The molecular formula is C21H24N4O2. The second-order valence-electron chi connectivity index (χ2n) is 7.28. The third kappa shape index (κ3) is 3.65. The Hall–Kier alpha value is -2.89. The molecular weight excluding hydrogens is 340 g/mol. The lowest BCUT2D eigenvalue weighted by Crippen LogP contribution is -2.47. The van der Waals surface area contributed by atoms with Crippen molar-refractivity contribution in [3.8, 4) is 11.1 Å². The van der Waals surface area contributed by atoms with E-state index < -0.39 is 0 Å². The molecule has 0 spiro atoms. The lowest BCUT2D eigenvalue weighted by atomic mass is 10.0. The lowest BCUT2D eigenvalue weighted by molar-refractivity contribution is 0.0666. The number of amides is 3. The number of likely N-dealkylation sites (tertiary alicyclic amines) is 1. The number of nitrogens with one attached hydrogen (secondary N) is 1. The molecule has 2 saturated heterocycles. The van der Waals surface area contributed by atoms with Gasteiger partial charge in [0.15, 0.2) is 0 Å². The molecule has 27 heavy (non-hydrogen) atoms. The minimum Gasteiger partial charge on any atom is -0.338 e. The van der Waals surface area contributed by atoms with Gasteiger partial charge >= 0.3 is 6.03 Å². The van der Waals surface area contributed by atoms with Crippen molar-refractivity contribution in [1.29, 1.82) is 0 Å². The molecule has 6 heteroatoms. The van der Waals surface area contributed by atoms with E-state index in [1.807, 2.05) is 28.0 Å². The summed E-state index contributed by atoms with van der Waals surface area (Å²) in [5.74, 6) is 0.0146. The van der Waals surface area contributed by atoms with Gasteiger partial charge < -0.3 is 15.1 Å². The highest BCUT2D eigenvalue weighted by molar-refractivity contribution is 5.95. The van der Waals surface area contributed by atoms with E-state index in [4.69, 9.17) is 0 Å². The molecule has 2 fully saturated rings. The summed E-state index contributed by atoms with van der Waals surface area (Å²) in [5.41, 5.74) is 3.82. The Balaban J connectivity index is 1.43. The maximum absolute atomic E-state index is 12.9. The van der Waals surface area contributed by atoms with E-state index in [2.05, 4.69) is 29.4 Å². The third-order valence-electron chi connectivity index (χ3n) is 5.45. The Morgan fingerprint density at radius 2 is 1.81 bits per heavy atom. The van der Waals surface area contributed by atoms with E-state index in [1.165, 1.54) is 5.56 Å². The van der Waals surface area contributed by atoms with E-state index in [9.17, 15) is 9.59 Å². The van der Waals surface area contributed by atoms with Gasteiger partial charge in [0.1, 0.15) is 0 Å². The molecule has 0 bridgehead atoms. The van der Waals surface area contributed by atoms with Gasteiger partial charge in [0, 0.05) is 50.2 Å². The Morgan fingerprint density at radius 1 is 1.07 bits per heavy atom. The van der Waals surface area contributed by atoms with E-state index in [-0.39, 0.29) is 18.0 Å². The van der Waals surface area contributed by atoms with Crippen LogP contribution in [0.3, 0.4) is 0 Å². The molecule has 4 rings (SSSR count). The average molecular weight is 364 g/mol. The van der Waals surface area contributed by atoms with Gasteiger partial charge in [-0.2, -0.15) is 0 Å². The predicted molar refractivity (Wildman–Crippen MR) is 103 cm³/mol. The zero-order chi connectivity index (χ0) is 18.8. The zero-order valence-electron chi connectivity index (χ0n) is 15.5. The summed E-state index contributed by atoms with van der Waals surface area (Å²) in [6.45, 7) is 4.87. The molecule has 1 N–H and O–H groups in total. The number of carbonyl (C=O) groups is 2. The molecule has 0 aliphatic carbocycles. The Kier molecular flexibility index (Phi) is 4.79. The second kappa shape index (κ2) is 7.39. The summed E-state index contributed by atoms with van der Waals surface area (Å²) in [5, 5.41) is 2.85. The Morgan fingerprint density at radius 3 is 2.48 bits per heavy atom. The highest BCUT2D eigenvalue weighted by Crippen LogP contribution is 2.23. The minimum atomic E-state index is 0.0146. The number of nitrogens with zero attached hydrogens (tertiary/aromatic N) is 3. The van der Waals surface area contributed by atoms with Gasteiger partial charge in [-0.1, -0.05) is 29.8 Å². The normalized spacial score (nSPS) is 17.9. The van der Waals surface area contributed by atoms with Gasteiger partial charge in [-0.05, 0) is 31.4 Å². The van der Waals surface area contributed by atoms with Gasteiger partial charge in [0.2, 0.25) is 0 Å². The first kappa shape index (κ1) is 17.5. The first-order chi connectivity index (χ1) is 13.1. The summed E-state index contributed by atoms with van der Waals surface area (Å²) in [6.07, 6.45) is 5.08. The maximum Gasteiger partial charge on any atom is 0.317 e. The number of rotatable bonds is 3. The molecule has 3 heterocycles. The van der Waals surface area contributed by atoms with Gasteiger partial charge in [0.05, 0.1) is 5.56 Å². The van der Waals surface area contributed by atoms with Crippen LogP contribution in [0.25, 0.3) is 11.1 Å². The molecule has 1 aromatic carbocycles. The van der Waals surface area contributed by atoms with Crippen LogP contribution in [0.4, 0.5) is 4.79 Å². The second-order valence-corrected chi connectivity index (χ2v) is 7.28. The highest BCUT2D eigenvalue weighted by Gasteiger charge is 2.32. The third-order valence-corrected chi connectivity index (χ3v) is 5.45. The van der Waals surface area contributed by atoms with E-state index in [1.54, 1.807) is 12.4 Å². The maximum atomic E-state index is 12.9. The summed E-state index contributed by atoms with van der Waals surface area (Å²) >= 11 is 0. The molecule has 6 nitrogen and oxygen atoms in total. The fourth-order valence-electron chi connectivity index (χ4n) is 3.86. The first-order valence-electron chi connectivity index (χ1n) is 9.47. The van der Waals surface area contributed by atoms with Crippen molar-refractivity contribution >= 4 is 11.9 Å². The number of carbonyl (C=O) groups excluding carboxylic acids is 2. The molecule has 0 unspecified atom stereocenters. The fourth-order valence-corrected chi connectivity index (χ4v) is 3.86. The predicted octanol–water partition coefficient (Wildman–Crippen LogP) is 2.69. The van der Waals surface area contributed by atoms with Crippen LogP contribution in [-0.4, -0.2) is 58.9 Å². The molecule has 2 aromatic rings. The Bertz CT molecular complexity index is 842. The fraction of sp³-hybridized carbons (Fsp3) is 0.381. The van der Waals surface area contributed by atoms with Crippen LogP contribution in [0, 0.1) is 6.92 Å². The monoisotopic (exact) mass is 364 g/mol.